The Kier molecular flexibility index (Phi) is 5.57. The van der Waals surface area contributed by atoms with Crippen molar-refractivity contribution in [2.45, 2.75) is 18.9 Å². The minimum absolute atomic E-state index is 0.434. The quantitative estimate of drug-likeness (QED) is 0.878. The average molecular weight is 374 g/mol. The van der Waals surface area contributed by atoms with Gasteiger partial charge in [0.05, 0.1) is 0 Å². The fourth-order valence-corrected chi connectivity index (χ4v) is 4.14. The molecule has 1 aromatic rings. The van der Waals surface area contributed by atoms with Crippen LogP contribution >= 0.6 is 27.5 Å². The first-order chi connectivity index (χ1) is 10.3. The van der Waals surface area contributed by atoms with E-state index >= 15 is 0 Å². The number of hydrogen-bond donors (Lipinski definition) is 1. The molecular formula is C16H22BrClN2O. The summed E-state index contributed by atoms with van der Waals surface area (Å²) in [6, 6.07) is 6.59. The van der Waals surface area contributed by atoms with Crippen molar-refractivity contribution in [3.63, 3.8) is 0 Å². The van der Waals surface area contributed by atoms with Crippen LogP contribution in [0.4, 0.5) is 0 Å². The Labute approximate surface area is 140 Å². The van der Waals surface area contributed by atoms with Crippen molar-refractivity contribution in [2.75, 3.05) is 39.4 Å². The average Bonchev–Trinajstić information content (AvgIpc) is 2.53. The molecule has 2 fully saturated rings. The molecule has 2 aliphatic rings. The molecule has 21 heavy (non-hydrogen) atoms. The lowest BCUT2D eigenvalue weighted by Gasteiger charge is -2.41. The van der Waals surface area contributed by atoms with Crippen molar-refractivity contribution in [3.05, 3.63) is 33.3 Å². The molecule has 0 spiro atoms. The Morgan fingerprint density at radius 3 is 2.67 bits per heavy atom. The van der Waals surface area contributed by atoms with Gasteiger partial charge in [0.25, 0.3) is 0 Å². The van der Waals surface area contributed by atoms with Crippen molar-refractivity contribution in [1.82, 2.24) is 10.2 Å². The van der Waals surface area contributed by atoms with Crippen LogP contribution in [0.3, 0.4) is 0 Å². The summed E-state index contributed by atoms with van der Waals surface area (Å²) in [5.74, 6) is 0.645. The topological polar surface area (TPSA) is 24.5 Å². The van der Waals surface area contributed by atoms with Crippen LogP contribution < -0.4 is 5.32 Å². The van der Waals surface area contributed by atoms with Crippen LogP contribution in [0, 0.1) is 5.92 Å². The van der Waals surface area contributed by atoms with Crippen molar-refractivity contribution in [3.8, 4) is 0 Å². The van der Waals surface area contributed by atoms with Crippen molar-refractivity contribution >= 4 is 27.5 Å². The standard InChI is InChI=1S/C16H22BrClN2O/c17-15-2-1-13(18)11-14(15)16(12-3-9-21-10-4-12)20-7-5-19-6-8-20/h1-2,11-12,16,19H,3-10H2/t16-/m1/s1. The fraction of sp³-hybridized carbons (Fsp3) is 0.625. The summed E-state index contributed by atoms with van der Waals surface area (Å²) < 4.78 is 6.73. The van der Waals surface area contributed by atoms with E-state index in [1.165, 1.54) is 10.0 Å². The second-order valence-electron chi connectivity index (χ2n) is 5.85. The fourth-order valence-electron chi connectivity index (χ4n) is 3.48. The molecule has 5 heteroatoms. The second kappa shape index (κ2) is 7.42. The molecule has 1 aromatic carbocycles. The summed E-state index contributed by atoms with van der Waals surface area (Å²) >= 11 is 9.99. The molecule has 0 bridgehead atoms. The SMILES string of the molecule is Clc1ccc(Br)c([C@@H](C2CCOCC2)N2CCNCC2)c1. The Bertz CT molecular complexity index is 455. The first kappa shape index (κ1) is 15.8. The van der Waals surface area contributed by atoms with Gasteiger partial charge in [0.15, 0.2) is 0 Å². The van der Waals surface area contributed by atoms with E-state index in [1.807, 2.05) is 6.07 Å². The molecule has 0 saturated carbocycles. The molecule has 0 aliphatic carbocycles. The van der Waals surface area contributed by atoms with Crippen LogP contribution in [0.2, 0.25) is 5.02 Å². The molecule has 3 rings (SSSR count). The largest absolute Gasteiger partial charge is 0.381 e. The van der Waals surface area contributed by atoms with Gasteiger partial charge < -0.3 is 10.1 Å². The van der Waals surface area contributed by atoms with Gasteiger partial charge in [0.2, 0.25) is 0 Å². The number of piperazine rings is 1. The summed E-state index contributed by atoms with van der Waals surface area (Å²) in [4.78, 5) is 2.61. The van der Waals surface area contributed by atoms with Gasteiger partial charge in [-0.05, 0) is 42.5 Å². The minimum Gasteiger partial charge on any atom is -0.381 e. The lowest BCUT2D eigenvalue weighted by Crippen LogP contribution is -2.47. The van der Waals surface area contributed by atoms with Gasteiger partial charge >= 0.3 is 0 Å². The van der Waals surface area contributed by atoms with E-state index in [4.69, 9.17) is 16.3 Å². The molecule has 1 atom stereocenters. The third-order valence-corrected chi connectivity index (χ3v) is 5.49. The maximum Gasteiger partial charge on any atom is 0.0469 e. The van der Waals surface area contributed by atoms with Crippen LogP contribution in [0.1, 0.15) is 24.4 Å². The number of nitrogens with one attached hydrogen (secondary N) is 1. The molecule has 0 amide bonds. The molecule has 2 saturated heterocycles. The number of ether oxygens (including phenoxy) is 1. The van der Waals surface area contributed by atoms with E-state index in [1.54, 1.807) is 0 Å². The van der Waals surface area contributed by atoms with Crippen LogP contribution in [-0.2, 0) is 4.74 Å². The lowest BCUT2D eigenvalue weighted by atomic mass is 9.85. The number of rotatable bonds is 3. The van der Waals surface area contributed by atoms with E-state index < -0.39 is 0 Å². The highest BCUT2D eigenvalue weighted by Gasteiger charge is 2.32. The third kappa shape index (κ3) is 3.80. The van der Waals surface area contributed by atoms with E-state index in [0.29, 0.717) is 12.0 Å². The number of halogens is 2. The predicted molar refractivity (Wildman–Crippen MR) is 89.9 cm³/mol. The summed E-state index contributed by atoms with van der Waals surface area (Å²) in [5, 5.41) is 4.27. The van der Waals surface area contributed by atoms with Gasteiger partial charge in [-0.3, -0.25) is 4.90 Å². The summed E-state index contributed by atoms with van der Waals surface area (Å²) in [6.07, 6.45) is 2.26. The molecule has 2 aliphatic heterocycles. The molecule has 0 unspecified atom stereocenters. The Morgan fingerprint density at radius 2 is 1.95 bits per heavy atom. The number of nitrogens with zero attached hydrogens (tertiary/aromatic N) is 1. The maximum absolute atomic E-state index is 6.26. The maximum atomic E-state index is 6.26. The van der Waals surface area contributed by atoms with Crippen molar-refractivity contribution in [2.24, 2.45) is 5.92 Å². The Morgan fingerprint density at radius 1 is 1.24 bits per heavy atom. The van der Waals surface area contributed by atoms with Gasteiger partial charge in [-0.15, -0.1) is 0 Å². The smallest absolute Gasteiger partial charge is 0.0469 e. The van der Waals surface area contributed by atoms with Crippen LogP contribution in [-0.4, -0.2) is 44.3 Å². The van der Waals surface area contributed by atoms with Gasteiger partial charge in [-0.1, -0.05) is 27.5 Å². The Balaban J connectivity index is 1.91. The molecule has 0 aromatic heterocycles. The zero-order chi connectivity index (χ0) is 14.7. The van der Waals surface area contributed by atoms with E-state index in [2.05, 4.69) is 38.3 Å². The first-order valence-electron chi connectivity index (χ1n) is 7.73. The van der Waals surface area contributed by atoms with Crippen LogP contribution in [0.25, 0.3) is 0 Å². The molecule has 3 nitrogen and oxygen atoms in total. The first-order valence-corrected chi connectivity index (χ1v) is 8.90. The highest BCUT2D eigenvalue weighted by atomic mass is 79.9. The van der Waals surface area contributed by atoms with Crippen LogP contribution in [0.15, 0.2) is 22.7 Å². The van der Waals surface area contributed by atoms with E-state index in [9.17, 15) is 0 Å². The molecule has 1 N–H and O–H groups in total. The summed E-state index contributed by atoms with van der Waals surface area (Å²) in [7, 11) is 0. The molecule has 116 valence electrons. The molecule has 0 radical (unpaired) electrons. The zero-order valence-electron chi connectivity index (χ0n) is 12.2. The lowest BCUT2D eigenvalue weighted by molar-refractivity contribution is 0.0211. The Hall–Kier alpha value is -0.130. The van der Waals surface area contributed by atoms with Crippen LogP contribution in [0.5, 0.6) is 0 Å². The number of hydrogen-bond acceptors (Lipinski definition) is 3. The summed E-state index contributed by atoms with van der Waals surface area (Å²) in [5.41, 5.74) is 1.33. The monoisotopic (exact) mass is 372 g/mol. The normalized spacial score (nSPS) is 23.1. The van der Waals surface area contributed by atoms with Gasteiger partial charge in [-0.2, -0.15) is 0 Å². The minimum atomic E-state index is 0.434. The third-order valence-electron chi connectivity index (χ3n) is 4.53. The predicted octanol–water partition coefficient (Wildman–Crippen LogP) is 3.48. The summed E-state index contributed by atoms with van der Waals surface area (Å²) in [6.45, 7) is 6.09. The molecule has 2 heterocycles. The van der Waals surface area contributed by atoms with E-state index in [-0.39, 0.29) is 0 Å². The van der Waals surface area contributed by atoms with Gasteiger partial charge in [0, 0.05) is 54.9 Å². The zero-order valence-corrected chi connectivity index (χ0v) is 14.5. The van der Waals surface area contributed by atoms with Gasteiger partial charge in [-0.25, -0.2) is 0 Å². The number of benzene rings is 1. The van der Waals surface area contributed by atoms with Crippen molar-refractivity contribution < 1.29 is 4.74 Å². The van der Waals surface area contributed by atoms with Gasteiger partial charge in [0.1, 0.15) is 0 Å². The highest BCUT2D eigenvalue weighted by Crippen LogP contribution is 2.39. The van der Waals surface area contributed by atoms with E-state index in [0.717, 1.165) is 57.3 Å². The highest BCUT2D eigenvalue weighted by molar-refractivity contribution is 9.10. The molecular weight excluding hydrogens is 352 g/mol. The second-order valence-corrected chi connectivity index (χ2v) is 7.14. The van der Waals surface area contributed by atoms with Crippen molar-refractivity contribution in [1.29, 1.82) is 0 Å².